The predicted octanol–water partition coefficient (Wildman–Crippen LogP) is 16.4. The molecule has 0 saturated carbocycles. The number of carbonyl (C=O) groups is 2. The van der Waals surface area contributed by atoms with E-state index < -0.39 is 18.2 Å². The van der Waals surface area contributed by atoms with Crippen molar-refractivity contribution in [3.05, 3.63) is 60.8 Å². The van der Waals surface area contributed by atoms with Crippen LogP contribution in [0.1, 0.15) is 265 Å². The van der Waals surface area contributed by atoms with Crippen molar-refractivity contribution < 1.29 is 24.5 Å². The second kappa shape index (κ2) is 50.6. The van der Waals surface area contributed by atoms with Gasteiger partial charge in [-0.3, -0.25) is 9.59 Å². The highest BCUT2D eigenvalue weighted by Gasteiger charge is 2.24. The highest BCUT2D eigenvalue weighted by molar-refractivity contribution is 5.77. The van der Waals surface area contributed by atoms with E-state index in [0.29, 0.717) is 19.3 Å². The van der Waals surface area contributed by atoms with Crippen LogP contribution in [0.25, 0.3) is 0 Å². The molecular formula is C57H103NO5. The van der Waals surface area contributed by atoms with Gasteiger partial charge in [0.25, 0.3) is 0 Å². The van der Waals surface area contributed by atoms with Gasteiger partial charge in [0, 0.05) is 6.42 Å². The molecule has 0 radical (unpaired) electrons. The first kappa shape index (κ1) is 60.6. The predicted molar refractivity (Wildman–Crippen MR) is 273 cm³/mol. The number of ether oxygens (including phenoxy) is 1. The topological polar surface area (TPSA) is 95.9 Å². The zero-order valence-electron chi connectivity index (χ0n) is 41.7. The van der Waals surface area contributed by atoms with Gasteiger partial charge in [0.05, 0.1) is 25.2 Å². The lowest BCUT2D eigenvalue weighted by molar-refractivity contribution is -0.151. The first-order chi connectivity index (χ1) is 31.0. The Morgan fingerprint density at radius 1 is 0.492 bits per heavy atom. The fourth-order valence-corrected chi connectivity index (χ4v) is 8.02. The average molecular weight is 882 g/mol. The van der Waals surface area contributed by atoms with Gasteiger partial charge in [0.15, 0.2) is 0 Å². The number of aliphatic hydroxyl groups is 2. The van der Waals surface area contributed by atoms with Crippen LogP contribution >= 0.6 is 0 Å². The lowest BCUT2D eigenvalue weighted by atomic mass is 10.0. The first-order valence-electron chi connectivity index (χ1n) is 27.0. The Hall–Kier alpha value is -2.44. The Morgan fingerprint density at radius 3 is 1.40 bits per heavy atom. The molecule has 0 spiro atoms. The molecule has 0 fully saturated rings. The van der Waals surface area contributed by atoms with Crippen LogP contribution in [0, 0.1) is 0 Å². The van der Waals surface area contributed by atoms with Gasteiger partial charge in [0.2, 0.25) is 5.91 Å². The molecule has 0 aromatic carbocycles. The summed E-state index contributed by atoms with van der Waals surface area (Å²) in [4.78, 5) is 26.2. The third kappa shape index (κ3) is 45.9. The summed E-state index contributed by atoms with van der Waals surface area (Å²) in [5.74, 6) is -0.524. The van der Waals surface area contributed by atoms with Gasteiger partial charge < -0.3 is 20.3 Å². The first-order valence-corrected chi connectivity index (χ1v) is 27.0. The minimum atomic E-state index is -0.800. The Morgan fingerprint density at radius 2 is 0.905 bits per heavy atom. The maximum Gasteiger partial charge on any atom is 0.306 e. The molecule has 366 valence electrons. The fourth-order valence-electron chi connectivity index (χ4n) is 8.02. The molecule has 1 amide bonds. The van der Waals surface area contributed by atoms with E-state index in [2.05, 4.69) is 86.8 Å². The molecule has 0 saturated heterocycles. The van der Waals surface area contributed by atoms with E-state index in [9.17, 15) is 19.8 Å². The number of amides is 1. The number of esters is 1. The van der Waals surface area contributed by atoms with Crippen molar-refractivity contribution in [3.8, 4) is 0 Å². The van der Waals surface area contributed by atoms with E-state index in [-0.39, 0.29) is 24.9 Å². The van der Waals surface area contributed by atoms with Gasteiger partial charge in [-0.15, -0.1) is 0 Å². The van der Waals surface area contributed by atoms with Crippen molar-refractivity contribution in [3.63, 3.8) is 0 Å². The highest BCUT2D eigenvalue weighted by atomic mass is 16.5. The number of rotatable bonds is 48. The van der Waals surface area contributed by atoms with Gasteiger partial charge in [-0.2, -0.15) is 0 Å². The van der Waals surface area contributed by atoms with Gasteiger partial charge in [-0.25, -0.2) is 0 Å². The van der Waals surface area contributed by atoms with E-state index >= 15 is 0 Å². The third-order valence-electron chi connectivity index (χ3n) is 12.1. The van der Waals surface area contributed by atoms with Gasteiger partial charge in [-0.1, -0.05) is 229 Å². The molecule has 0 bridgehead atoms. The molecule has 6 heteroatoms. The van der Waals surface area contributed by atoms with Crippen molar-refractivity contribution in [2.75, 3.05) is 6.61 Å². The standard InChI is InChI=1S/C57H103NO5/c1-4-7-10-13-16-19-22-25-28-29-32-35-38-41-44-47-50-57(62)63-53(48-45-42-39-36-33-30-26-23-20-17-14-11-8-5-2)51-56(61)58-54(52-59)55(60)49-46-43-40-37-34-31-27-24-21-18-15-12-9-6-3/h8,11,17,20,26,28-30,32,35,53-55,59-60H,4-7,9-10,12-16,18-19,21-25,27,31,33-34,36-52H2,1-3H3,(H,58,61)/b11-8+,20-17+,29-28+,30-26+,35-32+. The van der Waals surface area contributed by atoms with Crippen LogP contribution in [-0.2, 0) is 14.3 Å². The van der Waals surface area contributed by atoms with Crippen LogP contribution in [0.15, 0.2) is 60.8 Å². The van der Waals surface area contributed by atoms with E-state index in [4.69, 9.17) is 4.74 Å². The fraction of sp³-hybridized carbons (Fsp3) is 0.789. The summed E-state index contributed by atoms with van der Waals surface area (Å²) in [6.07, 6.45) is 62.8. The number of hydrogen-bond donors (Lipinski definition) is 3. The number of nitrogens with one attached hydrogen (secondary N) is 1. The van der Waals surface area contributed by atoms with Crippen molar-refractivity contribution in [2.24, 2.45) is 0 Å². The van der Waals surface area contributed by atoms with E-state index in [1.165, 1.54) is 116 Å². The maximum absolute atomic E-state index is 13.2. The second-order valence-corrected chi connectivity index (χ2v) is 18.3. The molecular weight excluding hydrogens is 779 g/mol. The molecule has 63 heavy (non-hydrogen) atoms. The zero-order valence-corrected chi connectivity index (χ0v) is 41.7. The van der Waals surface area contributed by atoms with E-state index in [1.807, 2.05) is 0 Å². The monoisotopic (exact) mass is 882 g/mol. The summed E-state index contributed by atoms with van der Waals surface area (Å²) in [7, 11) is 0. The van der Waals surface area contributed by atoms with Crippen molar-refractivity contribution >= 4 is 11.9 Å². The molecule has 0 aliphatic rings. The number of aliphatic hydroxyl groups excluding tert-OH is 2. The highest BCUT2D eigenvalue weighted by Crippen LogP contribution is 2.17. The normalized spacial score (nSPS) is 13.7. The maximum atomic E-state index is 13.2. The van der Waals surface area contributed by atoms with Crippen LogP contribution < -0.4 is 5.32 Å². The summed E-state index contributed by atoms with van der Waals surface area (Å²) in [5, 5.41) is 23.8. The summed E-state index contributed by atoms with van der Waals surface area (Å²) in [5.41, 5.74) is 0. The van der Waals surface area contributed by atoms with Crippen molar-refractivity contribution in [2.45, 2.75) is 283 Å². The quantitative estimate of drug-likeness (QED) is 0.0245. The molecule has 0 aliphatic carbocycles. The number of hydrogen-bond acceptors (Lipinski definition) is 5. The van der Waals surface area contributed by atoms with Crippen molar-refractivity contribution in [1.82, 2.24) is 5.32 Å². The molecule has 0 heterocycles. The Balaban J connectivity index is 4.64. The molecule has 3 atom stereocenters. The minimum Gasteiger partial charge on any atom is -0.462 e. The van der Waals surface area contributed by atoms with Gasteiger partial charge >= 0.3 is 5.97 Å². The summed E-state index contributed by atoms with van der Waals surface area (Å²) >= 11 is 0. The van der Waals surface area contributed by atoms with E-state index in [0.717, 1.165) is 103 Å². The van der Waals surface area contributed by atoms with Crippen LogP contribution in [0.2, 0.25) is 0 Å². The SMILES string of the molecule is CC/C=C/C/C=C/C/C=C/CCCCCCC(CC(=O)NC(CO)C(O)CCCCCCCCCCCCCCCC)OC(=O)CCCCC/C=C/C=C/CCCCCCCCC. The zero-order chi connectivity index (χ0) is 45.9. The molecule has 0 aromatic heterocycles. The second-order valence-electron chi connectivity index (χ2n) is 18.3. The molecule has 0 aromatic rings. The smallest absolute Gasteiger partial charge is 0.306 e. The largest absolute Gasteiger partial charge is 0.462 e. The molecule has 0 aliphatic heterocycles. The third-order valence-corrected chi connectivity index (χ3v) is 12.1. The summed E-state index contributed by atoms with van der Waals surface area (Å²) in [6, 6.07) is -0.716. The van der Waals surface area contributed by atoms with Crippen LogP contribution in [0.4, 0.5) is 0 Å². The Labute approximate surface area is 390 Å². The summed E-state index contributed by atoms with van der Waals surface area (Å²) < 4.78 is 5.92. The molecule has 3 unspecified atom stereocenters. The summed E-state index contributed by atoms with van der Waals surface area (Å²) in [6.45, 7) is 6.37. The van der Waals surface area contributed by atoms with E-state index in [1.54, 1.807) is 0 Å². The molecule has 3 N–H and O–H groups in total. The molecule has 0 rings (SSSR count). The number of unbranched alkanes of at least 4 members (excludes halogenated alkanes) is 27. The minimum absolute atomic E-state index is 0.0512. The van der Waals surface area contributed by atoms with Crippen LogP contribution in [-0.4, -0.2) is 46.9 Å². The lowest BCUT2D eigenvalue weighted by Gasteiger charge is -2.24. The Bertz CT molecular complexity index is 1130. The van der Waals surface area contributed by atoms with Gasteiger partial charge in [-0.05, 0) is 83.5 Å². The Kier molecular flexibility index (Phi) is 48.6. The van der Waals surface area contributed by atoms with Crippen molar-refractivity contribution in [1.29, 1.82) is 0 Å². The average Bonchev–Trinajstić information content (AvgIpc) is 3.28. The van der Waals surface area contributed by atoms with Crippen LogP contribution in [0.5, 0.6) is 0 Å². The molecule has 6 nitrogen and oxygen atoms in total. The number of allylic oxidation sites excluding steroid dienone is 10. The van der Waals surface area contributed by atoms with Crippen LogP contribution in [0.3, 0.4) is 0 Å². The number of carbonyl (C=O) groups excluding carboxylic acids is 2. The van der Waals surface area contributed by atoms with Gasteiger partial charge in [0.1, 0.15) is 6.10 Å². The lowest BCUT2D eigenvalue weighted by Crippen LogP contribution is -2.46.